The monoisotopic (exact) mass is 400 g/mol. The molecule has 3 heterocycles. The minimum atomic E-state index is -3.73. The first-order chi connectivity index (χ1) is 13.5. The maximum Gasteiger partial charge on any atom is 0.243 e. The van der Waals surface area contributed by atoms with E-state index < -0.39 is 15.8 Å². The van der Waals surface area contributed by atoms with Gasteiger partial charge in [0, 0.05) is 30.8 Å². The lowest BCUT2D eigenvalue weighted by molar-refractivity contribution is 0.374. The first-order valence-corrected chi connectivity index (χ1v) is 10.6. The standard InChI is InChI=1S/C20H21FN4O2S/c1-15-12-23-20(24(15)14-16-4-2-10-22-13-16)19-5-3-11-25(19)28(26,27)18-8-6-17(21)7-9-18/h2,4,6-10,12-13,19H,3,5,11,14H2,1H3. The van der Waals surface area contributed by atoms with Crippen molar-refractivity contribution in [3.05, 3.63) is 77.9 Å². The summed E-state index contributed by atoms with van der Waals surface area (Å²) in [6, 6.07) is 8.48. The molecule has 6 nitrogen and oxygen atoms in total. The van der Waals surface area contributed by atoms with Crippen LogP contribution >= 0.6 is 0 Å². The highest BCUT2D eigenvalue weighted by molar-refractivity contribution is 7.89. The van der Waals surface area contributed by atoms with Crippen molar-refractivity contribution in [1.82, 2.24) is 18.8 Å². The molecule has 1 atom stereocenters. The summed E-state index contributed by atoms with van der Waals surface area (Å²) in [6.45, 7) is 2.96. The molecule has 0 aliphatic carbocycles. The lowest BCUT2D eigenvalue weighted by Gasteiger charge is -2.25. The summed E-state index contributed by atoms with van der Waals surface area (Å²) >= 11 is 0. The van der Waals surface area contributed by atoms with Gasteiger partial charge in [-0.05, 0) is 55.7 Å². The van der Waals surface area contributed by atoms with E-state index >= 15 is 0 Å². The third-order valence-electron chi connectivity index (χ3n) is 5.07. The van der Waals surface area contributed by atoms with Gasteiger partial charge in [-0.1, -0.05) is 6.07 Å². The number of aromatic nitrogens is 3. The quantitative estimate of drug-likeness (QED) is 0.659. The molecule has 1 saturated heterocycles. The molecular weight excluding hydrogens is 379 g/mol. The molecule has 0 N–H and O–H groups in total. The van der Waals surface area contributed by atoms with Crippen LogP contribution in [0.5, 0.6) is 0 Å². The van der Waals surface area contributed by atoms with Gasteiger partial charge in [-0.15, -0.1) is 0 Å². The number of halogens is 1. The van der Waals surface area contributed by atoms with Crippen molar-refractivity contribution in [2.45, 2.75) is 37.2 Å². The van der Waals surface area contributed by atoms with E-state index in [1.54, 1.807) is 18.6 Å². The van der Waals surface area contributed by atoms with Gasteiger partial charge in [-0.25, -0.2) is 17.8 Å². The van der Waals surface area contributed by atoms with Gasteiger partial charge < -0.3 is 4.57 Å². The maximum absolute atomic E-state index is 13.2. The lowest BCUT2D eigenvalue weighted by Crippen LogP contribution is -2.32. The molecule has 2 aromatic heterocycles. The van der Waals surface area contributed by atoms with Crippen LogP contribution < -0.4 is 0 Å². The number of nitrogens with zero attached hydrogens (tertiary/aromatic N) is 4. The molecule has 8 heteroatoms. The minimum Gasteiger partial charge on any atom is -0.327 e. The molecule has 3 aromatic rings. The summed E-state index contributed by atoms with van der Waals surface area (Å²) < 4.78 is 43.1. The van der Waals surface area contributed by atoms with E-state index in [0.717, 1.165) is 23.5 Å². The van der Waals surface area contributed by atoms with E-state index in [-0.39, 0.29) is 10.9 Å². The van der Waals surface area contributed by atoms with E-state index in [1.807, 2.05) is 23.6 Å². The number of hydrogen-bond acceptors (Lipinski definition) is 4. The average Bonchev–Trinajstić information content (AvgIpc) is 3.31. The third-order valence-corrected chi connectivity index (χ3v) is 6.99. The molecule has 0 spiro atoms. The van der Waals surface area contributed by atoms with Crippen molar-refractivity contribution in [1.29, 1.82) is 0 Å². The number of benzene rings is 1. The van der Waals surface area contributed by atoms with E-state index in [4.69, 9.17) is 0 Å². The van der Waals surface area contributed by atoms with Crippen molar-refractivity contribution >= 4 is 10.0 Å². The summed E-state index contributed by atoms with van der Waals surface area (Å²) in [5.74, 6) is 0.268. The largest absolute Gasteiger partial charge is 0.327 e. The van der Waals surface area contributed by atoms with Gasteiger partial charge in [0.05, 0.1) is 17.5 Å². The molecule has 1 unspecified atom stereocenters. The summed E-state index contributed by atoms with van der Waals surface area (Å²) in [7, 11) is -3.73. The van der Waals surface area contributed by atoms with Crippen LogP contribution in [0.2, 0.25) is 0 Å². The molecule has 0 saturated carbocycles. The van der Waals surface area contributed by atoms with Gasteiger partial charge in [-0.2, -0.15) is 4.31 Å². The van der Waals surface area contributed by atoms with Gasteiger partial charge in [-0.3, -0.25) is 4.98 Å². The molecule has 0 radical (unpaired) electrons. The van der Waals surface area contributed by atoms with Gasteiger partial charge in [0.15, 0.2) is 0 Å². The summed E-state index contributed by atoms with van der Waals surface area (Å²) in [5.41, 5.74) is 1.99. The summed E-state index contributed by atoms with van der Waals surface area (Å²) in [4.78, 5) is 8.79. The Balaban J connectivity index is 1.68. The average molecular weight is 400 g/mol. The molecule has 4 rings (SSSR count). The molecule has 1 aliphatic heterocycles. The van der Waals surface area contributed by atoms with Crippen molar-refractivity contribution in [2.24, 2.45) is 0 Å². The Morgan fingerprint density at radius 2 is 1.96 bits per heavy atom. The predicted molar refractivity (Wildman–Crippen MR) is 103 cm³/mol. The topological polar surface area (TPSA) is 68.1 Å². The molecule has 28 heavy (non-hydrogen) atoms. The SMILES string of the molecule is Cc1cnc(C2CCCN2S(=O)(=O)c2ccc(F)cc2)n1Cc1cccnc1. The maximum atomic E-state index is 13.2. The molecule has 0 bridgehead atoms. The molecule has 0 amide bonds. The Bertz CT molecular complexity index is 1070. The van der Waals surface area contributed by atoms with Gasteiger partial charge in [0.1, 0.15) is 11.6 Å². The number of imidazole rings is 1. The Labute approximate surface area is 163 Å². The van der Waals surface area contributed by atoms with E-state index in [1.165, 1.54) is 28.6 Å². The van der Waals surface area contributed by atoms with Crippen molar-refractivity contribution in [3.63, 3.8) is 0 Å². The zero-order valence-electron chi connectivity index (χ0n) is 15.5. The highest BCUT2D eigenvalue weighted by Crippen LogP contribution is 2.36. The minimum absolute atomic E-state index is 0.0999. The van der Waals surface area contributed by atoms with Crippen LogP contribution in [0, 0.1) is 12.7 Å². The first kappa shape index (κ1) is 18.8. The van der Waals surface area contributed by atoms with Crippen LogP contribution in [0.25, 0.3) is 0 Å². The van der Waals surface area contributed by atoms with Crippen LogP contribution in [-0.4, -0.2) is 33.8 Å². The van der Waals surface area contributed by atoms with Crippen LogP contribution in [0.1, 0.15) is 36.0 Å². The third kappa shape index (κ3) is 3.45. The Morgan fingerprint density at radius 1 is 1.18 bits per heavy atom. The summed E-state index contributed by atoms with van der Waals surface area (Å²) in [5, 5.41) is 0. The number of pyridine rings is 1. The van der Waals surface area contributed by atoms with E-state index in [9.17, 15) is 12.8 Å². The highest BCUT2D eigenvalue weighted by Gasteiger charge is 2.38. The van der Waals surface area contributed by atoms with Crippen LogP contribution in [-0.2, 0) is 16.6 Å². The van der Waals surface area contributed by atoms with Crippen LogP contribution in [0.4, 0.5) is 4.39 Å². The highest BCUT2D eigenvalue weighted by atomic mass is 32.2. The number of aryl methyl sites for hydroxylation is 1. The van der Waals surface area contributed by atoms with Gasteiger partial charge >= 0.3 is 0 Å². The fraction of sp³-hybridized carbons (Fsp3) is 0.300. The molecule has 1 aromatic carbocycles. The molecule has 1 fully saturated rings. The van der Waals surface area contributed by atoms with E-state index in [2.05, 4.69) is 9.97 Å². The van der Waals surface area contributed by atoms with Gasteiger partial charge in [0.2, 0.25) is 10.0 Å². The van der Waals surface area contributed by atoms with Crippen LogP contribution in [0.15, 0.2) is 59.9 Å². The Morgan fingerprint density at radius 3 is 2.68 bits per heavy atom. The zero-order chi connectivity index (χ0) is 19.7. The van der Waals surface area contributed by atoms with Gasteiger partial charge in [0.25, 0.3) is 0 Å². The Kier molecular flexibility index (Phi) is 4.99. The fourth-order valence-electron chi connectivity index (χ4n) is 3.65. The summed E-state index contributed by atoms with van der Waals surface area (Å²) in [6.07, 6.45) is 6.74. The predicted octanol–water partition coefficient (Wildman–Crippen LogP) is 3.30. The van der Waals surface area contributed by atoms with E-state index in [0.29, 0.717) is 19.5 Å². The molecule has 146 valence electrons. The van der Waals surface area contributed by atoms with Crippen LogP contribution in [0.3, 0.4) is 0 Å². The normalized spacial score (nSPS) is 17.9. The fourth-order valence-corrected chi connectivity index (χ4v) is 5.31. The second kappa shape index (κ2) is 7.44. The second-order valence-electron chi connectivity index (χ2n) is 6.93. The van der Waals surface area contributed by atoms with Crippen molar-refractivity contribution in [3.8, 4) is 0 Å². The van der Waals surface area contributed by atoms with Crippen molar-refractivity contribution in [2.75, 3.05) is 6.54 Å². The zero-order valence-corrected chi connectivity index (χ0v) is 16.3. The second-order valence-corrected chi connectivity index (χ2v) is 8.82. The number of rotatable bonds is 5. The lowest BCUT2D eigenvalue weighted by atomic mass is 10.2. The molecule has 1 aliphatic rings. The number of hydrogen-bond donors (Lipinski definition) is 0. The van der Waals surface area contributed by atoms with Crippen molar-refractivity contribution < 1.29 is 12.8 Å². The smallest absolute Gasteiger partial charge is 0.243 e. The first-order valence-electron chi connectivity index (χ1n) is 9.15. The Hall–Kier alpha value is -2.58. The molecular formula is C20H21FN4O2S. The number of sulfonamides is 1.